The zero-order valence-corrected chi connectivity index (χ0v) is 18.0. The number of nitrogens with one attached hydrogen (secondary N) is 1. The molecule has 5 nitrogen and oxygen atoms in total. The van der Waals surface area contributed by atoms with Crippen molar-refractivity contribution in [2.24, 2.45) is 0 Å². The minimum atomic E-state index is 0.0238. The fourth-order valence-electron chi connectivity index (χ4n) is 3.25. The molecule has 6 heteroatoms. The molecule has 0 aromatic heterocycles. The Hall–Kier alpha value is -2.49. The quantitative estimate of drug-likeness (QED) is 0.534. The SMILES string of the molecule is N#Cc1cccc(OCCCCC(=O)Nc2cccc(CSC3CCOCC3)c2)c1. The third-order valence-electron chi connectivity index (χ3n) is 4.89. The number of hydrogen-bond acceptors (Lipinski definition) is 5. The van der Waals surface area contributed by atoms with Gasteiger partial charge in [0, 0.05) is 36.3 Å². The number of unbranched alkanes of at least 4 members (excludes halogenated alkanes) is 1. The standard InChI is InChI=1S/C24H28N2O3S/c25-17-19-5-4-8-22(16-19)29-12-2-1-9-24(27)26-21-7-3-6-20(15-21)18-30-23-10-13-28-14-11-23/h3-8,15-16,23H,1-2,9-14,18H2,(H,26,27). The van der Waals surface area contributed by atoms with Gasteiger partial charge in [-0.2, -0.15) is 17.0 Å². The van der Waals surface area contributed by atoms with Crippen LogP contribution in [0.15, 0.2) is 48.5 Å². The van der Waals surface area contributed by atoms with Crippen molar-refractivity contribution in [3.8, 4) is 11.8 Å². The van der Waals surface area contributed by atoms with Gasteiger partial charge in [-0.15, -0.1) is 0 Å². The van der Waals surface area contributed by atoms with E-state index in [2.05, 4.69) is 23.5 Å². The van der Waals surface area contributed by atoms with Gasteiger partial charge in [0.1, 0.15) is 5.75 Å². The Morgan fingerprint density at radius 1 is 1.17 bits per heavy atom. The number of rotatable bonds is 10. The summed E-state index contributed by atoms with van der Waals surface area (Å²) >= 11 is 1.97. The first kappa shape index (κ1) is 22.2. The van der Waals surface area contributed by atoms with Gasteiger partial charge in [-0.05, 0) is 61.6 Å². The largest absolute Gasteiger partial charge is 0.494 e. The van der Waals surface area contributed by atoms with Crippen LogP contribution in [0.2, 0.25) is 0 Å². The zero-order chi connectivity index (χ0) is 21.0. The van der Waals surface area contributed by atoms with Crippen LogP contribution in [-0.2, 0) is 15.3 Å². The molecule has 2 aromatic rings. The van der Waals surface area contributed by atoms with Crippen LogP contribution in [0.3, 0.4) is 0 Å². The van der Waals surface area contributed by atoms with Crippen molar-refractivity contribution in [1.82, 2.24) is 0 Å². The van der Waals surface area contributed by atoms with Gasteiger partial charge in [0.2, 0.25) is 5.91 Å². The fraction of sp³-hybridized carbons (Fsp3) is 0.417. The highest BCUT2D eigenvalue weighted by Gasteiger charge is 2.14. The van der Waals surface area contributed by atoms with E-state index in [0.29, 0.717) is 29.6 Å². The van der Waals surface area contributed by atoms with E-state index < -0.39 is 0 Å². The molecule has 0 unspecified atom stereocenters. The Kier molecular flexibility index (Phi) is 9.07. The maximum absolute atomic E-state index is 12.2. The van der Waals surface area contributed by atoms with E-state index in [9.17, 15) is 4.79 Å². The number of amides is 1. The Morgan fingerprint density at radius 2 is 2.00 bits per heavy atom. The number of ether oxygens (including phenoxy) is 2. The summed E-state index contributed by atoms with van der Waals surface area (Å²) in [5.41, 5.74) is 2.67. The number of nitrogens with zero attached hydrogens (tertiary/aromatic N) is 1. The predicted octanol–water partition coefficient (Wildman–Crippen LogP) is 5.16. The molecule has 0 bridgehead atoms. The van der Waals surface area contributed by atoms with Crippen LogP contribution < -0.4 is 10.1 Å². The number of carbonyl (C=O) groups is 1. The summed E-state index contributed by atoms with van der Waals surface area (Å²) in [5, 5.41) is 12.6. The van der Waals surface area contributed by atoms with Crippen molar-refractivity contribution in [2.45, 2.75) is 43.1 Å². The van der Waals surface area contributed by atoms with Crippen molar-refractivity contribution in [3.05, 3.63) is 59.7 Å². The lowest BCUT2D eigenvalue weighted by atomic mass is 10.2. The van der Waals surface area contributed by atoms with E-state index in [0.717, 1.165) is 50.3 Å². The van der Waals surface area contributed by atoms with E-state index in [-0.39, 0.29) is 5.91 Å². The van der Waals surface area contributed by atoms with Gasteiger partial charge in [0.15, 0.2) is 0 Å². The van der Waals surface area contributed by atoms with Crippen LogP contribution in [0.4, 0.5) is 5.69 Å². The summed E-state index contributed by atoms with van der Waals surface area (Å²) in [7, 11) is 0. The van der Waals surface area contributed by atoms with Gasteiger partial charge < -0.3 is 14.8 Å². The lowest BCUT2D eigenvalue weighted by molar-refractivity contribution is -0.116. The maximum atomic E-state index is 12.2. The first-order valence-corrected chi connectivity index (χ1v) is 11.5. The minimum absolute atomic E-state index is 0.0238. The van der Waals surface area contributed by atoms with E-state index in [1.165, 1.54) is 5.56 Å². The number of thioether (sulfide) groups is 1. The fourth-order valence-corrected chi connectivity index (χ4v) is 4.39. The predicted molar refractivity (Wildman–Crippen MR) is 121 cm³/mol. The summed E-state index contributed by atoms with van der Waals surface area (Å²) in [6.45, 7) is 2.26. The molecule has 1 aliphatic heterocycles. The number of anilines is 1. The van der Waals surface area contributed by atoms with Crippen LogP contribution in [0.1, 0.15) is 43.2 Å². The topological polar surface area (TPSA) is 71.3 Å². The Morgan fingerprint density at radius 3 is 2.83 bits per heavy atom. The van der Waals surface area contributed by atoms with Gasteiger partial charge in [0.05, 0.1) is 18.2 Å². The summed E-state index contributed by atoms with van der Waals surface area (Å²) in [5.74, 6) is 1.67. The van der Waals surface area contributed by atoms with E-state index in [4.69, 9.17) is 14.7 Å². The summed E-state index contributed by atoms with van der Waals surface area (Å²) in [4.78, 5) is 12.2. The van der Waals surface area contributed by atoms with Gasteiger partial charge >= 0.3 is 0 Å². The van der Waals surface area contributed by atoms with Crippen LogP contribution in [0.25, 0.3) is 0 Å². The molecule has 0 radical (unpaired) electrons. The molecule has 158 valence electrons. The monoisotopic (exact) mass is 424 g/mol. The number of nitriles is 1. The number of hydrogen-bond donors (Lipinski definition) is 1. The first-order valence-electron chi connectivity index (χ1n) is 10.4. The smallest absolute Gasteiger partial charge is 0.224 e. The molecule has 0 saturated carbocycles. The maximum Gasteiger partial charge on any atom is 0.224 e. The molecule has 0 aliphatic carbocycles. The number of benzene rings is 2. The first-order chi connectivity index (χ1) is 14.7. The normalized spacial score (nSPS) is 14.1. The van der Waals surface area contributed by atoms with E-state index >= 15 is 0 Å². The second-order valence-corrected chi connectivity index (χ2v) is 8.61. The number of carbonyl (C=O) groups excluding carboxylic acids is 1. The van der Waals surface area contributed by atoms with Crippen LogP contribution in [-0.4, -0.2) is 31.0 Å². The van der Waals surface area contributed by atoms with E-state index in [1.54, 1.807) is 18.2 Å². The minimum Gasteiger partial charge on any atom is -0.494 e. The molecule has 1 aliphatic rings. The highest BCUT2D eigenvalue weighted by molar-refractivity contribution is 7.99. The molecular formula is C24H28N2O3S. The molecule has 1 N–H and O–H groups in total. The van der Waals surface area contributed by atoms with Crippen molar-refractivity contribution in [1.29, 1.82) is 5.26 Å². The van der Waals surface area contributed by atoms with Crippen LogP contribution in [0.5, 0.6) is 5.75 Å². The van der Waals surface area contributed by atoms with Gasteiger partial charge in [-0.25, -0.2) is 0 Å². The van der Waals surface area contributed by atoms with E-state index in [1.807, 2.05) is 30.0 Å². The molecule has 1 saturated heterocycles. The van der Waals surface area contributed by atoms with Crippen molar-refractivity contribution < 1.29 is 14.3 Å². The van der Waals surface area contributed by atoms with Crippen LogP contribution >= 0.6 is 11.8 Å². The van der Waals surface area contributed by atoms with Gasteiger partial charge in [0.25, 0.3) is 0 Å². The Balaban J connectivity index is 1.33. The third kappa shape index (κ3) is 7.74. The molecule has 1 amide bonds. The highest BCUT2D eigenvalue weighted by atomic mass is 32.2. The lowest BCUT2D eigenvalue weighted by Crippen LogP contribution is -2.17. The summed E-state index contributed by atoms with van der Waals surface area (Å²) < 4.78 is 11.1. The van der Waals surface area contributed by atoms with Crippen molar-refractivity contribution in [3.63, 3.8) is 0 Å². The molecule has 2 aromatic carbocycles. The zero-order valence-electron chi connectivity index (χ0n) is 17.1. The Bertz CT molecular complexity index is 860. The molecule has 0 spiro atoms. The summed E-state index contributed by atoms with van der Waals surface area (Å²) in [6.07, 6.45) is 4.24. The Labute approximate surface area is 182 Å². The lowest BCUT2D eigenvalue weighted by Gasteiger charge is -2.21. The van der Waals surface area contributed by atoms with Gasteiger partial charge in [-0.3, -0.25) is 4.79 Å². The molecule has 1 fully saturated rings. The molecule has 0 atom stereocenters. The second-order valence-electron chi connectivity index (χ2n) is 7.32. The van der Waals surface area contributed by atoms with Gasteiger partial charge in [-0.1, -0.05) is 18.2 Å². The average Bonchev–Trinajstić information content (AvgIpc) is 2.78. The van der Waals surface area contributed by atoms with Crippen molar-refractivity contribution in [2.75, 3.05) is 25.1 Å². The molecule has 30 heavy (non-hydrogen) atoms. The average molecular weight is 425 g/mol. The second kappa shape index (κ2) is 12.3. The molecule has 3 rings (SSSR count). The van der Waals surface area contributed by atoms with Crippen LogP contribution in [0, 0.1) is 11.3 Å². The summed E-state index contributed by atoms with van der Waals surface area (Å²) in [6, 6.07) is 17.3. The van der Waals surface area contributed by atoms with Crippen molar-refractivity contribution >= 4 is 23.4 Å². The molecule has 1 heterocycles. The highest BCUT2D eigenvalue weighted by Crippen LogP contribution is 2.26. The molecular weight excluding hydrogens is 396 g/mol. The third-order valence-corrected chi connectivity index (χ3v) is 6.34.